The normalized spacial score (nSPS) is 18.8. The summed E-state index contributed by atoms with van der Waals surface area (Å²) >= 11 is 0. The molecule has 1 fully saturated rings. The van der Waals surface area contributed by atoms with Crippen molar-refractivity contribution in [1.29, 1.82) is 0 Å². The number of likely N-dealkylation sites (tertiary alicyclic amines) is 1. The maximum absolute atomic E-state index is 13.1. The number of nitrogens with zero attached hydrogens (tertiary/aromatic N) is 1. The second-order valence-electron chi connectivity index (χ2n) is 9.06. The lowest BCUT2D eigenvalue weighted by atomic mass is 9.99. The minimum atomic E-state index is -1.07. The third-order valence-corrected chi connectivity index (χ3v) is 5.43. The molecule has 0 aromatic heterocycles. The third kappa shape index (κ3) is 8.10. The minimum Gasteiger partial charge on any atom is -0.480 e. The fraction of sp³-hybridized carbons (Fsp3) is 0.762. The zero-order valence-corrected chi connectivity index (χ0v) is 19.3. The van der Waals surface area contributed by atoms with E-state index in [1.807, 2.05) is 13.8 Å². The number of primary amides is 1. The third-order valence-electron chi connectivity index (χ3n) is 5.43. The van der Waals surface area contributed by atoms with Crippen LogP contribution in [0.3, 0.4) is 0 Å². The lowest BCUT2D eigenvalue weighted by molar-refractivity contribution is -0.150. The van der Waals surface area contributed by atoms with Crippen LogP contribution in [0.2, 0.25) is 0 Å². The number of carboxylic acids is 1. The van der Waals surface area contributed by atoms with Gasteiger partial charge in [-0.05, 0) is 37.5 Å². The van der Waals surface area contributed by atoms with Crippen molar-refractivity contribution in [3.8, 4) is 0 Å². The maximum Gasteiger partial charge on any atom is 0.326 e. The number of aliphatic carboxylic acids is 1. The number of carboxylic acid groups (broad SMARTS) is 1. The molecule has 0 bridgehead atoms. The van der Waals surface area contributed by atoms with E-state index in [1.165, 1.54) is 4.90 Å². The molecule has 1 heterocycles. The Kier molecular flexibility index (Phi) is 10.6. The van der Waals surface area contributed by atoms with Crippen LogP contribution in [0.1, 0.15) is 59.8 Å². The molecule has 1 aliphatic rings. The lowest BCUT2D eigenvalue weighted by Crippen LogP contribution is -2.58. The minimum absolute atomic E-state index is 0.0514. The molecule has 1 saturated heterocycles. The lowest BCUT2D eigenvalue weighted by Gasteiger charge is -2.31. The monoisotopic (exact) mass is 455 g/mol. The van der Waals surface area contributed by atoms with E-state index in [-0.39, 0.29) is 24.7 Å². The molecule has 1 aliphatic heterocycles. The van der Waals surface area contributed by atoms with E-state index < -0.39 is 53.8 Å². The second kappa shape index (κ2) is 12.4. The number of nitrogens with two attached hydrogens (primary N) is 2. The van der Waals surface area contributed by atoms with Crippen molar-refractivity contribution in [3.05, 3.63) is 0 Å². The van der Waals surface area contributed by atoms with Crippen LogP contribution in [0.25, 0.3) is 0 Å². The average molecular weight is 456 g/mol. The van der Waals surface area contributed by atoms with Crippen LogP contribution in [-0.2, 0) is 24.0 Å². The summed E-state index contributed by atoms with van der Waals surface area (Å²) in [5.41, 5.74) is 10.9. The standard InChI is InChI=1S/C21H37N5O6/c1-11(2)10-14(24-18(28)13(22)7-8-16(23)27)19(29)25-17(12(3)4)20(30)26-9-5-6-15(26)21(31)32/h11-15,17H,5-10,22H2,1-4H3,(H2,23,27)(H,24,28)(H,25,29)(H,31,32). The van der Waals surface area contributed by atoms with Crippen molar-refractivity contribution in [2.24, 2.45) is 23.3 Å². The average Bonchev–Trinajstić information content (AvgIpc) is 3.18. The first-order valence-electron chi connectivity index (χ1n) is 11.0. The van der Waals surface area contributed by atoms with Gasteiger partial charge in [0, 0.05) is 13.0 Å². The molecule has 0 aromatic carbocycles. The molecule has 4 amide bonds. The molecule has 0 aliphatic carbocycles. The predicted octanol–water partition coefficient (Wildman–Crippen LogP) is -0.673. The summed E-state index contributed by atoms with van der Waals surface area (Å²) in [4.78, 5) is 62.2. The second-order valence-corrected chi connectivity index (χ2v) is 9.06. The highest BCUT2D eigenvalue weighted by molar-refractivity contribution is 5.94. The van der Waals surface area contributed by atoms with Gasteiger partial charge >= 0.3 is 5.97 Å². The number of hydrogen-bond acceptors (Lipinski definition) is 6. The van der Waals surface area contributed by atoms with E-state index in [0.717, 1.165) is 0 Å². The first kappa shape index (κ1) is 27.3. The molecule has 0 spiro atoms. The molecule has 0 saturated carbocycles. The van der Waals surface area contributed by atoms with Gasteiger partial charge in [0.05, 0.1) is 6.04 Å². The van der Waals surface area contributed by atoms with Crippen LogP contribution < -0.4 is 22.1 Å². The maximum atomic E-state index is 13.1. The quantitative estimate of drug-likeness (QED) is 0.258. The van der Waals surface area contributed by atoms with Gasteiger partial charge in [-0.15, -0.1) is 0 Å². The summed E-state index contributed by atoms with van der Waals surface area (Å²) in [6.07, 6.45) is 1.25. The van der Waals surface area contributed by atoms with Crippen LogP contribution in [0.5, 0.6) is 0 Å². The number of nitrogens with one attached hydrogen (secondary N) is 2. The number of hydrogen-bond donors (Lipinski definition) is 5. The zero-order valence-electron chi connectivity index (χ0n) is 19.3. The molecule has 4 unspecified atom stereocenters. The van der Waals surface area contributed by atoms with E-state index in [0.29, 0.717) is 25.8 Å². The Bertz CT molecular complexity index is 711. The molecule has 0 radical (unpaired) electrons. The summed E-state index contributed by atoms with van der Waals surface area (Å²) in [5.74, 6) is -3.49. The zero-order chi connectivity index (χ0) is 24.6. The van der Waals surface area contributed by atoms with Gasteiger partial charge in [0.1, 0.15) is 18.1 Å². The Labute approximate surface area is 188 Å². The van der Waals surface area contributed by atoms with Gasteiger partial charge in [0.25, 0.3) is 0 Å². The van der Waals surface area contributed by atoms with Crippen molar-refractivity contribution in [2.45, 2.75) is 84.0 Å². The van der Waals surface area contributed by atoms with E-state index in [9.17, 15) is 29.1 Å². The molecular formula is C21H37N5O6. The van der Waals surface area contributed by atoms with E-state index >= 15 is 0 Å². The van der Waals surface area contributed by atoms with Crippen LogP contribution in [0.4, 0.5) is 0 Å². The van der Waals surface area contributed by atoms with E-state index in [2.05, 4.69) is 10.6 Å². The van der Waals surface area contributed by atoms with Crippen LogP contribution in [0, 0.1) is 11.8 Å². The Hall–Kier alpha value is -2.69. The summed E-state index contributed by atoms with van der Waals surface area (Å²) in [5, 5.41) is 14.7. The van der Waals surface area contributed by atoms with Gasteiger partial charge in [-0.25, -0.2) is 4.79 Å². The Morgan fingerprint density at radius 2 is 1.69 bits per heavy atom. The largest absolute Gasteiger partial charge is 0.480 e. The summed E-state index contributed by atoms with van der Waals surface area (Å²) < 4.78 is 0. The van der Waals surface area contributed by atoms with Crippen molar-refractivity contribution in [2.75, 3.05) is 6.54 Å². The number of rotatable bonds is 12. The van der Waals surface area contributed by atoms with Gasteiger partial charge in [0.2, 0.25) is 23.6 Å². The molecule has 7 N–H and O–H groups in total. The highest BCUT2D eigenvalue weighted by Gasteiger charge is 2.39. The van der Waals surface area contributed by atoms with Crippen molar-refractivity contribution < 1.29 is 29.1 Å². The molecule has 0 aromatic rings. The highest BCUT2D eigenvalue weighted by atomic mass is 16.4. The Morgan fingerprint density at radius 3 is 2.19 bits per heavy atom. The van der Waals surface area contributed by atoms with Gasteiger partial charge in [-0.1, -0.05) is 27.7 Å². The Balaban J connectivity index is 2.93. The number of amides is 4. The van der Waals surface area contributed by atoms with Crippen LogP contribution in [-0.4, -0.2) is 70.3 Å². The SMILES string of the molecule is CC(C)CC(NC(=O)C(N)CCC(N)=O)C(=O)NC(C(=O)N1CCCC1C(=O)O)C(C)C. The van der Waals surface area contributed by atoms with Crippen molar-refractivity contribution in [3.63, 3.8) is 0 Å². The van der Waals surface area contributed by atoms with Crippen LogP contribution >= 0.6 is 0 Å². The summed E-state index contributed by atoms with van der Waals surface area (Å²) in [6.45, 7) is 7.59. The van der Waals surface area contributed by atoms with Gasteiger partial charge in [0.15, 0.2) is 0 Å². The first-order chi connectivity index (χ1) is 14.8. The first-order valence-corrected chi connectivity index (χ1v) is 11.0. The number of carbonyl (C=O) groups excluding carboxylic acids is 4. The van der Waals surface area contributed by atoms with Gasteiger partial charge in [-0.2, -0.15) is 0 Å². The molecule has 11 heteroatoms. The number of carbonyl (C=O) groups is 5. The van der Waals surface area contributed by atoms with Crippen LogP contribution in [0.15, 0.2) is 0 Å². The predicted molar refractivity (Wildman–Crippen MR) is 117 cm³/mol. The smallest absolute Gasteiger partial charge is 0.326 e. The molecule has 32 heavy (non-hydrogen) atoms. The fourth-order valence-corrected chi connectivity index (χ4v) is 3.64. The fourth-order valence-electron chi connectivity index (χ4n) is 3.64. The van der Waals surface area contributed by atoms with Crippen molar-refractivity contribution >= 4 is 29.6 Å². The molecule has 1 rings (SSSR count). The summed E-state index contributed by atoms with van der Waals surface area (Å²) in [6, 6.07) is -3.79. The molecule has 4 atom stereocenters. The Morgan fingerprint density at radius 1 is 1.06 bits per heavy atom. The van der Waals surface area contributed by atoms with E-state index in [4.69, 9.17) is 11.5 Å². The highest BCUT2D eigenvalue weighted by Crippen LogP contribution is 2.20. The molecule has 11 nitrogen and oxygen atoms in total. The van der Waals surface area contributed by atoms with Gasteiger partial charge < -0.3 is 32.1 Å². The van der Waals surface area contributed by atoms with E-state index in [1.54, 1.807) is 13.8 Å². The topological polar surface area (TPSA) is 185 Å². The van der Waals surface area contributed by atoms with Gasteiger partial charge in [-0.3, -0.25) is 19.2 Å². The van der Waals surface area contributed by atoms with Crippen molar-refractivity contribution in [1.82, 2.24) is 15.5 Å². The molecular weight excluding hydrogens is 418 g/mol. The molecule has 182 valence electrons. The summed E-state index contributed by atoms with van der Waals surface area (Å²) in [7, 11) is 0.